The summed E-state index contributed by atoms with van der Waals surface area (Å²) in [5, 5.41) is 1.25. The topological polar surface area (TPSA) is 19.6 Å². The molecule has 0 N–H and O–H groups in total. The Morgan fingerprint density at radius 3 is 1.85 bits per heavy atom. The first-order chi connectivity index (χ1) is 30.1. The average Bonchev–Trinajstić information content (AvgIpc) is 3.60. The number of rotatable bonds is 2. The van der Waals surface area contributed by atoms with Gasteiger partial charge in [-0.15, -0.1) is 5.98 Å². The molecule has 1 aromatic heterocycles. The fourth-order valence-corrected chi connectivity index (χ4v) is 13.1. The number of hydrogen-bond acceptors (Lipinski definition) is 3. The van der Waals surface area contributed by atoms with E-state index in [9.17, 15) is 0 Å². The number of nitrogens with zero attached hydrogens (tertiary/aromatic N) is 2. The minimum atomic E-state index is -0.0747. The number of allylic oxidation sites excluding steroid dienone is 6. The average molecular weight is 865 g/mol. The van der Waals surface area contributed by atoms with Crippen molar-refractivity contribution in [3.8, 4) is 0 Å². The maximum atomic E-state index is 7.50. The van der Waals surface area contributed by atoms with E-state index < -0.39 is 0 Å². The number of fused-ring (bicyclic) bond motifs is 7. The van der Waals surface area contributed by atoms with E-state index in [1.165, 1.54) is 86.0 Å². The lowest BCUT2D eigenvalue weighted by Gasteiger charge is -2.50. The largest absolute Gasteiger partial charge is 0.440 e. The van der Waals surface area contributed by atoms with Gasteiger partial charge in [-0.2, -0.15) is 0 Å². The van der Waals surface area contributed by atoms with Gasteiger partial charge in [-0.05, 0) is 178 Å². The maximum Gasteiger partial charge on any atom is 0.247 e. The molecule has 3 nitrogen and oxygen atoms in total. The first-order valence-corrected chi connectivity index (χ1v) is 25.1. The van der Waals surface area contributed by atoms with Crippen LogP contribution in [0.25, 0.3) is 11.0 Å². The summed E-state index contributed by atoms with van der Waals surface area (Å²) >= 11 is 0. The molecule has 1 atom stereocenters. The highest BCUT2D eigenvalue weighted by atomic mass is 16.4. The second-order valence-electron chi connectivity index (χ2n) is 26.4. The predicted molar refractivity (Wildman–Crippen MR) is 280 cm³/mol. The van der Waals surface area contributed by atoms with Crippen molar-refractivity contribution in [1.29, 1.82) is 0 Å². The van der Waals surface area contributed by atoms with E-state index in [0.717, 1.165) is 48.5 Å². The second-order valence-corrected chi connectivity index (χ2v) is 26.4. The fraction of sp³-hybridized carbons (Fsp3) is 0.508. The highest BCUT2D eigenvalue weighted by Crippen LogP contribution is 2.58. The Kier molecular flexibility index (Phi) is 9.60. The van der Waals surface area contributed by atoms with Gasteiger partial charge in [0.2, 0.25) is 12.6 Å². The summed E-state index contributed by atoms with van der Waals surface area (Å²) < 4.78 is 7.50. The van der Waals surface area contributed by atoms with Crippen molar-refractivity contribution in [3.63, 3.8) is 0 Å². The fourth-order valence-electron chi connectivity index (χ4n) is 13.1. The summed E-state index contributed by atoms with van der Waals surface area (Å²) in [6, 6.07) is 19.3. The molecule has 340 valence electrons. The number of benzene rings is 3. The summed E-state index contributed by atoms with van der Waals surface area (Å²) in [6.07, 6.45) is 15.8. The smallest absolute Gasteiger partial charge is 0.247 e. The van der Waals surface area contributed by atoms with Gasteiger partial charge >= 0.3 is 0 Å². The van der Waals surface area contributed by atoms with Crippen LogP contribution in [0.3, 0.4) is 0 Å². The molecular weight excluding hydrogens is 787 g/mol. The van der Waals surface area contributed by atoms with Crippen LogP contribution in [0.5, 0.6) is 0 Å². The van der Waals surface area contributed by atoms with Gasteiger partial charge in [-0.1, -0.05) is 140 Å². The van der Waals surface area contributed by atoms with Gasteiger partial charge in [-0.25, -0.2) is 0 Å². The molecule has 2 fully saturated rings. The molecule has 65 heavy (non-hydrogen) atoms. The molecule has 0 saturated heterocycles. The first kappa shape index (κ1) is 44.4. The summed E-state index contributed by atoms with van der Waals surface area (Å²) in [4.78, 5) is 5.07. The lowest BCUT2D eigenvalue weighted by atomic mass is 9.36. The van der Waals surface area contributed by atoms with Crippen molar-refractivity contribution in [3.05, 3.63) is 130 Å². The molecule has 0 bridgehead atoms. The Hall–Kier alpha value is -4.44. The van der Waals surface area contributed by atoms with Gasteiger partial charge in [0, 0.05) is 39.3 Å². The van der Waals surface area contributed by atoms with E-state index in [0.29, 0.717) is 5.92 Å². The van der Waals surface area contributed by atoms with Crippen LogP contribution in [0.2, 0.25) is 0 Å². The summed E-state index contributed by atoms with van der Waals surface area (Å²) in [5.41, 5.74) is 19.8. The zero-order chi connectivity index (χ0) is 46.8. The van der Waals surface area contributed by atoms with E-state index in [1.54, 1.807) is 5.57 Å². The number of furan rings is 1. The minimum Gasteiger partial charge on any atom is -0.440 e. The van der Waals surface area contributed by atoms with Crippen molar-refractivity contribution in [2.45, 2.75) is 172 Å². The molecule has 4 aliphatic carbocycles. The van der Waals surface area contributed by atoms with Gasteiger partial charge in [0.15, 0.2) is 0 Å². The maximum absolute atomic E-state index is 7.50. The number of aryl methyl sites for hydroxylation is 1. The molecule has 4 aromatic rings. The van der Waals surface area contributed by atoms with Crippen molar-refractivity contribution < 1.29 is 4.42 Å². The molecule has 10 rings (SSSR count). The standard InChI is InChI=1S/C61H77BN2O/c1-37-30-49-53-50(31-37)64(40-20-18-39(19-21-40)55(3,4)5)54-52(42-34-46-47(35-51(42)65-54)60(14,15)27-26-59(46,12)13)62(53)36-48-44(57(8,9)28-29-61(48,16)17)32-38(2)63(49)41-22-23-43-45(33-41)58(10,11)25-24-56(43,6)7/h18-22,30-36,43H,2,23-29H2,1,3-17H3/b44-32?,48-36+. The molecule has 0 amide bonds. The lowest BCUT2D eigenvalue weighted by molar-refractivity contribution is 0.123. The molecular formula is C61H77BN2O. The van der Waals surface area contributed by atoms with Crippen LogP contribution in [0, 0.1) is 34.5 Å². The Bertz CT molecular complexity index is 2820. The normalized spacial score (nSPS) is 25.3. The highest BCUT2D eigenvalue weighted by molar-refractivity contribution is 6.94. The molecule has 3 heterocycles. The van der Waals surface area contributed by atoms with Crippen LogP contribution in [0.4, 0.5) is 22.9 Å². The van der Waals surface area contributed by atoms with Crippen LogP contribution >= 0.6 is 0 Å². The van der Waals surface area contributed by atoms with E-state index in [2.05, 4.69) is 193 Å². The quantitative estimate of drug-likeness (QED) is 0.187. The van der Waals surface area contributed by atoms with Crippen LogP contribution in [-0.4, -0.2) is 6.71 Å². The van der Waals surface area contributed by atoms with E-state index in [1.807, 2.05) is 0 Å². The molecule has 4 heteroatoms. The van der Waals surface area contributed by atoms with E-state index in [4.69, 9.17) is 11.0 Å². The summed E-state index contributed by atoms with van der Waals surface area (Å²) in [6.45, 7) is 43.9. The molecule has 1 unspecified atom stereocenters. The SMILES string of the molecule is C=C1C=C2/C(=C\B3c4c(cc(C)cc4N(c4ccc(C(C)(C)C)cc4)c4oc5cc6c(cc5c43)C(C)(C)CCC6(C)C)N1C1=CCC3C(=C1)C(C)(C)CCC3(C)C)C(C)(C)CCC2(C)C. The molecule has 2 aliphatic heterocycles. The van der Waals surface area contributed by atoms with Gasteiger partial charge in [-0.3, -0.25) is 4.90 Å². The third kappa shape index (κ3) is 6.86. The predicted octanol–water partition coefficient (Wildman–Crippen LogP) is 16.0. The van der Waals surface area contributed by atoms with Crippen molar-refractivity contribution in [2.75, 3.05) is 9.80 Å². The molecule has 2 saturated carbocycles. The molecule has 0 radical (unpaired) electrons. The Balaban J connectivity index is 1.33. The third-order valence-corrected chi connectivity index (χ3v) is 17.9. The Labute approximate surface area is 393 Å². The van der Waals surface area contributed by atoms with Crippen LogP contribution in [-0.2, 0) is 16.2 Å². The van der Waals surface area contributed by atoms with E-state index in [-0.39, 0.29) is 44.6 Å². The van der Waals surface area contributed by atoms with Crippen molar-refractivity contribution in [1.82, 2.24) is 0 Å². The van der Waals surface area contributed by atoms with Crippen molar-refractivity contribution in [2.24, 2.45) is 27.6 Å². The number of hydrogen-bond donors (Lipinski definition) is 0. The zero-order valence-corrected chi connectivity index (χ0v) is 43.0. The first-order valence-electron chi connectivity index (χ1n) is 25.1. The van der Waals surface area contributed by atoms with Gasteiger partial charge in [0.25, 0.3) is 0 Å². The van der Waals surface area contributed by atoms with Crippen LogP contribution in [0.15, 0.2) is 112 Å². The summed E-state index contributed by atoms with van der Waals surface area (Å²) in [5.74, 6) is 4.18. The van der Waals surface area contributed by atoms with Crippen LogP contribution in [0.1, 0.15) is 171 Å². The molecule has 6 aliphatic rings. The molecule has 3 aromatic carbocycles. The van der Waals surface area contributed by atoms with Gasteiger partial charge < -0.3 is 9.32 Å². The third-order valence-electron chi connectivity index (χ3n) is 17.9. The Morgan fingerprint density at radius 2 is 1.22 bits per heavy atom. The van der Waals surface area contributed by atoms with Crippen molar-refractivity contribution >= 4 is 51.6 Å². The lowest BCUT2D eigenvalue weighted by Crippen LogP contribution is -2.51. The van der Waals surface area contributed by atoms with E-state index >= 15 is 0 Å². The van der Waals surface area contributed by atoms with Crippen LogP contribution < -0.4 is 20.7 Å². The highest BCUT2D eigenvalue weighted by Gasteiger charge is 2.49. The Morgan fingerprint density at radius 1 is 0.646 bits per heavy atom. The van der Waals surface area contributed by atoms with Gasteiger partial charge in [0.1, 0.15) is 5.58 Å². The van der Waals surface area contributed by atoms with Gasteiger partial charge in [0.05, 0.1) is 0 Å². The zero-order valence-electron chi connectivity index (χ0n) is 43.0. The second kappa shape index (κ2) is 14.1. The molecule has 0 spiro atoms. The monoisotopic (exact) mass is 865 g/mol. The summed E-state index contributed by atoms with van der Waals surface area (Å²) in [7, 11) is 0. The minimum absolute atomic E-state index is 0.0311. The number of anilines is 4.